The summed E-state index contributed by atoms with van der Waals surface area (Å²) >= 11 is 0. The zero-order valence-corrected chi connectivity index (χ0v) is 14.7. The lowest BCUT2D eigenvalue weighted by molar-refractivity contribution is 0.213. The average Bonchev–Trinajstić information content (AvgIpc) is 2.76. The molecule has 0 radical (unpaired) electrons. The number of benzene rings is 2. The summed E-state index contributed by atoms with van der Waals surface area (Å²) in [6, 6.07) is 13.4. The zero-order valence-electron chi connectivity index (χ0n) is 14.7. The van der Waals surface area contributed by atoms with E-state index in [2.05, 4.69) is 0 Å². The van der Waals surface area contributed by atoms with Gasteiger partial charge in [0.25, 0.3) is 0 Å². The Balaban J connectivity index is 2.25. The Bertz CT molecular complexity index is 815. The highest BCUT2D eigenvalue weighted by molar-refractivity contribution is 5.86. The van der Waals surface area contributed by atoms with Crippen LogP contribution in [0, 0.1) is 0 Å². The smallest absolute Gasteiger partial charge is 0.319 e. The molecule has 1 heterocycles. The molecule has 0 aromatic heterocycles. The maximum Gasteiger partial charge on any atom is 0.319 e. The monoisotopic (exact) mass is 338 g/mol. The number of urea groups is 1. The molecule has 2 aromatic carbocycles. The standard InChI is InChI=1S/C20H22N2O3/c1-13-9-15-10-18(24-2)19(25-3)11-16(15)17(12-22(13)20(21)23)14-7-5-4-6-8-14/h4-8,10-13H,9H2,1-3H3,(H2,21,23). The van der Waals surface area contributed by atoms with Crippen LogP contribution < -0.4 is 15.2 Å². The van der Waals surface area contributed by atoms with Gasteiger partial charge in [-0.2, -0.15) is 0 Å². The SMILES string of the molecule is COc1cc2c(cc1OC)C(c1ccccc1)=CN(C(N)=O)C(C)C2. The third-order valence-electron chi connectivity index (χ3n) is 4.50. The van der Waals surface area contributed by atoms with Crippen LogP contribution >= 0.6 is 0 Å². The van der Waals surface area contributed by atoms with Gasteiger partial charge >= 0.3 is 6.03 Å². The van der Waals surface area contributed by atoms with Crippen LogP contribution in [0.4, 0.5) is 4.79 Å². The summed E-state index contributed by atoms with van der Waals surface area (Å²) in [6.45, 7) is 1.98. The molecule has 0 aliphatic carbocycles. The molecule has 5 nitrogen and oxygen atoms in total. The number of amides is 2. The molecule has 5 heteroatoms. The van der Waals surface area contributed by atoms with Crippen LogP contribution in [0.15, 0.2) is 48.7 Å². The number of carbonyl (C=O) groups excluding carboxylic acids is 1. The number of rotatable bonds is 3. The molecule has 0 saturated carbocycles. The quantitative estimate of drug-likeness (QED) is 0.932. The minimum atomic E-state index is -0.465. The molecule has 1 aliphatic rings. The number of carbonyl (C=O) groups is 1. The van der Waals surface area contributed by atoms with Crippen LogP contribution in [0.5, 0.6) is 11.5 Å². The van der Waals surface area contributed by atoms with Crippen molar-refractivity contribution >= 4 is 11.6 Å². The van der Waals surface area contributed by atoms with Gasteiger partial charge in [-0.05, 0) is 42.2 Å². The molecule has 0 bridgehead atoms. The molecule has 2 N–H and O–H groups in total. The maximum atomic E-state index is 11.9. The van der Waals surface area contributed by atoms with Gasteiger partial charge in [0.2, 0.25) is 0 Å². The van der Waals surface area contributed by atoms with E-state index in [4.69, 9.17) is 15.2 Å². The first-order chi connectivity index (χ1) is 12.0. The molecule has 130 valence electrons. The Morgan fingerprint density at radius 3 is 2.36 bits per heavy atom. The molecular formula is C20H22N2O3. The Morgan fingerprint density at radius 2 is 1.76 bits per heavy atom. The fourth-order valence-electron chi connectivity index (χ4n) is 3.22. The van der Waals surface area contributed by atoms with Crippen molar-refractivity contribution in [1.82, 2.24) is 4.90 Å². The first kappa shape index (κ1) is 16.9. The third kappa shape index (κ3) is 3.18. The predicted octanol–water partition coefficient (Wildman–Crippen LogP) is 3.42. The predicted molar refractivity (Wildman–Crippen MR) is 97.7 cm³/mol. The highest BCUT2D eigenvalue weighted by Gasteiger charge is 2.26. The van der Waals surface area contributed by atoms with Gasteiger partial charge < -0.3 is 15.2 Å². The molecule has 0 spiro atoms. The van der Waals surface area contributed by atoms with E-state index in [0.717, 1.165) is 22.3 Å². The Labute approximate surface area is 147 Å². The van der Waals surface area contributed by atoms with Crippen LogP contribution in [0.1, 0.15) is 23.6 Å². The van der Waals surface area contributed by atoms with E-state index in [1.54, 1.807) is 19.1 Å². The highest BCUT2D eigenvalue weighted by Crippen LogP contribution is 2.38. The first-order valence-corrected chi connectivity index (χ1v) is 8.15. The molecule has 0 saturated heterocycles. The number of fused-ring (bicyclic) bond motifs is 1. The van der Waals surface area contributed by atoms with Crippen LogP contribution in [0.3, 0.4) is 0 Å². The Kier molecular flexibility index (Phi) is 4.65. The van der Waals surface area contributed by atoms with Gasteiger partial charge in [-0.1, -0.05) is 30.3 Å². The fraction of sp³-hybridized carbons (Fsp3) is 0.250. The van der Waals surface area contributed by atoms with E-state index >= 15 is 0 Å². The molecule has 1 aliphatic heterocycles. The fourth-order valence-corrected chi connectivity index (χ4v) is 3.22. The third-order valence-corrected chi connectivity index (χ3v) is 4.50. The van der Waals surface area contributed by atoms with Crippen LogP contribution in [-0.2, 0) is 6.42 Å². The van der Waals surface area contributed by atoms with E-state index in [-0.39, 0.29) is 6.04 Å². The molecular weight excluding hydrogens is 316 g/mol. The Morgan fingerprint density at radius 1 is 1.12 bits per heavy atom. The van der Waals surface area contributed by atoms with Crippen molar-refractivity contribution in [1.29, 1.82) is 0 Å². The average molecular weight is 338 g/mol. The van der Waals surface area contributed by atoms with Gasteiger partial charge in [-0.25, -0.2) is 4.79 Å². The van der Waals surface area contributed by atoms with Crippen molar-refractivity contribution < 1.29 is 14.3 Å². The minimum Gasteiger partial charge on any atom is -0.493 e. The number of hydrogen-bond donors (Lipinski definition) is 1. The van der Waals surface area contributed by atoms with E-state index < -0.39 is 6.03 Å². The van der Waals surface area contributed by atoms with Gasteiger partial charge in [-0.3, -0.25) is 4.90 Å². The van der Waals surface area contributed by atoms with Crippen LogP contribution in [-0.4, -0.2) is 31.2 Å². The lowest BCUT2D eigenvalue weighted by atomic mass is 9.92. The van der Waals surface area contributed by atoms with E-state index in [9.17, 15) is 4.79 Å². The summed E-state index contributed by atoms with van der Waals surface area (Å²) in [5, 5.41) is 0. The van der Waals surface area contributed by atoms with Gasteiger partial charge in [0.15, 0.2) is 11.5 Å². The van der Waals surface area contributed by atoms with Gasteiger partial charge in [0, 0.05) is 17.8 Å². The van der Waals surface area contributed by atoms with Crippen molar-refractivity contribution in [3.8, 4) is 11.5 Å². The zero-order chi connectivity index (χ0) is 18.0. The van der Waals surface area contributed by atoms with Crippen LogP contribution in [0.2, 0.25) is 0 Å². The van der Waals surface area contributed by atoms with Crippen molar-refractivity contribution in [3.05, 3.63) is 65.4 Å². The molecule has 1 unspecified atom stereocenters. The van der Waals surface area contributed by atoms with Gasteiger partial charge in [0.1, 0.15) is 0 Å². The molecule has 3 rings (SSSR count). The molecule has 25 heavy (non-hydrogen) atoms. The van der Waals surface area contributed by atoms with Gasteiger partial charge in [-0.15, -0.1) is 0 Å². The first-order valence-electron chi connectivity index (χ1n) is 8.15. The van der Waals surface area contributed by atoms with Crippen molar-refractivity contribution in [2.75, 3.05) is 14.2 Å². The second kappa shape index (κ2) is 6.89. The lowest BCUT2D eigenvalue weighted by Gasteiger charge is -2.22. The maximum absolute atomic E-state index is 11.9. The molecule has 2 aromatic rings. The van der Waals surface area contributed by atoms with Crippen molar-refractivity contribution in [2.45, 2.75) is 19.4 Å². The number of hydrogen-bond acceptors (Lipinski definition) is 3. The number of nitrogens with zero attached hydrogens (tertiary/aromatic N) is 1. The molecule has 0 fully saturated rings. The lowest BCUT2D eigenvalue weighted by Crippen LogP contribution is -2.38. The number of nitrogens with two attached hydrogens (primary N) is 1. The second-order valence-corrected chi connectivity index (χ2v) is 6.07. The van der Waals surface area contributed by atoms with Crippen LogP contribution in [0.25, 0.3) is 5.57 Å². The number of primary amides is 1. The molecule has 1 atom stereocenters. The summed E-state index contributed by atoms with van der Waals surface area (Å²) in [5.74, 6) is 1.33. The summed E-state index contributed by atoms with van der Waals surface area (Å²) in [7, 11) is 3.24. The normalized spacial score (nSPS) is 16.5. The largest absolute Gasteiger partial charge is 0.493 e. The van der Waals surface area contributed by atoms with Crippen molar-refractivity contribution in [3.63, 3.8) is 0 Å². The van der Waals surface area contributed by atoms with Gasteiger partial charge in [0.05, 0.1) is 14.2 Å². The summed E-state index contributed by atoms with van der Waals surface area (Å²) in [5.41, 5.74) is 9.65. The summed E-state index contributed by atoms with van der Waals surface area (Å²) in [6.07, 6.45) is 2.51. The number of methoxy groups -OCH3 is 2. The summed E-state index contributed by atoms with van der Waals surface area (Å²) in [4.78, 5) is 13.5. The molecule has 2 amide bonds. The Hall–Kier alpha value is -2.95. The second-order valence-electron chi connectivity index (χ2n) is 6.07. The highest BCUT2D eigenvalue weighted by atomic mass is 16.5. The van der Waals surface area contributed by atoms with E-state index in [0.29, 0.717) is 17.9 Å². The van der Waals surface area contributed by atoms with Crippen molar-refractivity contribution in [2.24, 2.45) is 5.73 Å². The topological polar surface area (TPSA) is 64.8 Å². The van der Waals surface area contributed by atoms with E-state index in [1.165, 1.54) is 0 Å². The summed E-state index contributed by atoms with van der Waals surface area (Å²) < 4.78 is 10.9. The minimum absolute atomic E-state index is 0.0597. The number of ether oxygens (including phenoxy) is 2. The van der Waals surface area contributed by atoms with E-state index in [1.807, 2.05) is 55.6 Å².